The van der Waals surface area contributed by atoms with Gasteiger partial charge in [-0.05, 0) is 61.9 Å². The van der Waals surface area contributed by atoms with Gasteiger partial charge in [0, 0.05) is 18.2 Å². The van der Waals surface area contributed by atoms with Gasteiger partial charge in [-0.15, -0.1) is 0 Å². The Balaban J connectivity index is 1.71. The Hall–Kier alpha value is -1.39. The van der Waals surface area contributed by atoms with Crippen LogP contribution in [0.25, 0.3) is 0 Å². The van der Waals surface area contributed by atoms with E-state index in [4.69, 9.17) is 4.74 Å². The van der Waals surface area contributed by atoms with E-state index >= 15 is 0 Å². The van der Waals surface area contributed by atoms with Crippen molar-refractivity contribution in [1.82, 2.24) is 9.88 Å². The van der Waals surface area contributed by atoms with Gasteiger partial charge in [-0.3, -0.25) is 0 Å². The Labute approximate surface area is 138 Å². The SMILES string of the molecule is CN(C)CCCCCCOc1ncccc1Cc1ccsc1. The molecule has 0 amide bonds. The zero-order chi connectivity index (χ0) is 15.6. The monoisotopic (exact) mass is 318 g/mol. The number of nitrogens with zero attached hydrogens (tertiary/aromatic N) is 2. The third-order valence-corrected chi connectivity index (χ3v) is 4.30. The van der Waals surface area contributed by atoms with E-state index in [2.05, 4.69) is 46.9 Å². The third kappa shape index (κ3) is 6.16. The quantitative estimate of drug-likeness (QED) is 0.613. The van der Waals surface area contributed by atoms with Crippen LogP contribution in [0.3, 0.4) is 0 Å². The average molecular weight is 318 g/mol. The number of ether oxygens (including phenoxy) is 1. The Morgan fingerprint density at radius 2 is 2.00 bits per heavy atom. The van der Waals surface area contributed by atoms with Crippen LogP contribution >= 0.6 is 11.3 Å². The van der Waals surface area contributed by atoms with Crippen LogP contribution in [0.15, 0.2) is 35.2 Å². The second-order valence-corrected chi connectivity index (χ2v) is 6.62. The molecule has 3 nitrogen and oxygen atoms in total. The van der Waals surface area contributed by atoms with Gasteiger partial charge in [-0.1, -0.05) is 18.9 Å². The molecule has 2 heterocycles. The third-order valence-electron chi connectivity index (χ3n) is 3.56. The van der Waals surface area contributed by atoms with Crippen molar-refractivity contribution in [3.05, 3.63) is 46.3 Å². The molecule has 22 heavy (non-hydrogen) atoms. The maximum atomic E-state index is 5.90. The van der Waals surface area contributed by atoms with Gasteiger partial charge in [-0.25, -0.2) is 4.98 Å². The van der Waals surface area contributed by atoms with Crippen molar-refractivity contribution < 1.29 is 4.74 Å². The molecule has 0 N–H and O–H groups in total. The summed E-state index contributed by atoms with van der Waals surface area (Å²) < 4.78 is 5.90. The van der Waals surface area contributed by atoms with E-state index in [0.717, 1.165) is 25.3 Å². The van der Waals surface area contributed by atoms with Crippen molar-refractivity contribution in [2.45, 2.75) is 32.1 Å². The molecule has 0 radical (unpaired) electrons. The van der Waals surface area contributed by atoms with E-state index < -0.39 is 0 Å². The highest BCUT2D eigenvalue weighted by molar-refractivity contribution is 7.07. The Morgan fingerprint density at radius 3 is 2.77 bits per heavy atom. The van der Waals surface area contributed by atoms with Crippen molar-refractivity contribution in [3.63, 3.8) is 0 Å². The molecular formula is C18H26N2OS. The molecule has 0 aliphatic heterocycles. The first-order valence-corrected chi connectivity index (χ1v) is 8.92. The summed E-state index contributed by atoms with van der Waals surface area (Å²) in [7, 11) is 4.25. The summed E-state index contributed by atoms with van der Waals surface area (Å²) in [6.45, 7) is 1.93. The molecule has 2 aromatic rings. The van der Waals surface area contributed by atoms with Crippen LogP contribution in [0.2, 0.25) is 0 Å². The fourth-order valence-corrected chi connectivity index (χ4v) is 3.02. The topological polar surface area (TPSA) is 25.4 Å². The van der Waals surface area contributed by atoms with Gasteiger partial charge in [0.15, 0.2) is 0 Å². The van der Waals surface area contributed by atoms with E-state index in [1.54, 1.807) is 11.3 Å². The molecule has 0 spiro atoms. The summed E-state index contributed by atoms with van der Waals surface area (Å²) in [5.41, 5.74) is 2.50. The number of hydrogen-bond donors (Lipinski definition) is 0. The highest BCUT2D eigenvalue weighted by Gasteiger charge is 2.06. The van der Waals surface area contributed by atoms with Crippen molar-refractivity contribution in [3.8, 4) is 5.88 Å². The molecule has 2 rings (SSSR count). The summed E-state index contributed by atoms with van der Waals surface area (Å²) in [6.07, 6.45) is 7.56. The van der Waals surface area contributed by atoms with Gasteiger partial charge in [-0.2, -0.15) is 11.3 Å². The second-order valence-electron chi connectivity index (χ2n) is 5.84. The minimum Gasteiger partial charge on any atom is -0.477 e. The van der Waals surface area contributed by atoms with Crippen LogP contribution < -0.4 is 4.74 Å². The molecule has 4 heteroatoms. The molecule has 0 atom stereocenters. The zero-order valence-electron chi connectivity index (χ0n) is 13.6. The Morgan fingerprint density at radius 1 is 1.14 bits per heavy atom. The summed E-state index contributed by atoms with van der Waals surface area (Å²) in [4.78, 5) is 6.63. The van der Waals surface area contributed by atoms with Crippen LogP contribution in [-0.4, -0.2) is 37.1 Å². The summed E-state index contributed by atoms with van der Waals surface area (Å²) >= 11 is 1.73. The van der Waals surface area contributed by atoms with E-state index in [0.29, 0.717) is 0 Å². The number of pyridine rings is 1. The maximum Gasteiger partial charge on any atom is 0.216 e. The lowest BCUT2D eigenvalue weighted by molar-refractivity contribution is 0.289. The van der Waals surface area contributed by atoms with Crippen LogP contribution in [0.4, 0.5) is 0 Å². The molecule has 0 saturated heterocycles. The predicted octanol–water partition coefficient (Wildman–Crippen LogP) is 4.23. The molecule has 2 aromatic heterocycles. The van der Waals surface area contributed by atoms with E-state index in [1.165, 1.54) is 36.9 Å². The van der Waals surface area contributed by atoms with E-state index in [-0.39, 0.29) is 0 Å². The largest absolute Gasteiger partial charge is 0.477 e. The Bertz CT molecular complexity index is 526. The lowest BCUT2D eigenvalue weighted by Gasteiger charge is -2.10. The first-order valence-electron chi connectivity index (χ1n) is 7.98. The first kappa shape index (κ1) is 17.0. The van der Waals surface area contributed by atoms with Crippen molar-refractivity contribution in [2.75, 3.05) is 27.2 Å². The zero-order valence-corrected chi connectivity index (χ0v) is 14.4. The van der Waals surface area contributed by atoms with Crippen LogP contribution in [0, 0.1) is 0 Å². The molecule has 0 aromatic carbocycles. The number of rotatable bonds is 10. The van der Waals surface area contributed by atoms with E-state index in [9.17, 15) is 0 Å². The normalized spacial score (nSPS) is 11.0. The fourth-order valence-electron chi connectivity index (χ4n) is 2.35. The molecule has 0 saturated carbocycles. The second kappa shape index (κ2) is 9.59. The standard InChI is InChI=1S/C18H26N2OS/c1-20(2)11-5-3-4-6-12-21-18-17(8-7-10-19-18)14-16-9-13-22-15-16/h7-10,13,15H,3-6,11-12,14H2,1-2H3. The number of hydrogen-bond acceptors (Lipinski definition) is 4. The minimum atomic E-state index is 0.760. The van der Waals surface area contributed by atoms with Gasteiger partial charge < -0.3 is 9.64 Å². The molecule has 0 bridgehead atoms. The first-order chi connectivity index (χ1) is 10.8. The smallest absolute Gasteiger partial charge is 0.216 e. The van der Waals surface area contributed by atoms with Crippen molar-refractivity contribution in [2.24, 2.45) is 0 Å². The summed E-state index contributed by atoms with van der Waals surface area (Å²) in [6, 6.07) is 6.25. The predicted molar refractivity (Wildman–Crippen MR) is 93.9 cm³/mol. The van der Waals surface area contributed by atoms with Gasteiger partial charge in [0.2, 0.25) is 5.88 Å². The Kier molecular flexibility index (Phi) is 7.40. The lowest BCUT2D eigenvalue weighted by Crippen LogP contribution is -2.12. The molecule has 0 unspecified atom stereocenters. The number of thiophene rings is 1. The van der Waals surface area contributed by atoms with E-state index in [1.807, 2.05) is 12.3 Å². The highest BCUT2D eigenvalue weighted by atomic mass is 32.1. The van der Waals surface area contributed by atoms with Gasteiger partial charge >= 0.3 is 0 Å². The minimum absolute atomic E-state index is 0.760. The van der Waals surface area contributed by atoms with Gasteiger partial charge in [0.1, 0.15) is 0 Å². The number of unbranched alkanes of at least 4 members (excludes halogenated alkanes) is 3. The molecular weight excluding hydrogens is 292 g/mol. The molecule has 0 aliphatic carbocycles. The maximum absolute atomic E-state index is 5.90. The van der Waals surface area contributed by atoms with Crippen LogP contribution in [0.5, 0.6) is 5.88 Å². The highest BCUT2D eigenvalue weighted by Crippen LogP contribution is 2.20. The molecule has 0 fully saturated rings. The van der Waals surface area contributed by atoms with Crippen LogP contribution in [-0.2, 0) is 6.42 Å². The summed E-state index contributed by atoms with van der Waals surface area (Å²) in [5, 5.41) is 4.29. The van der Waals surface area contributed by atoms with Gasteiger partial charge in [0.25, 0.3) is 0 Å². The fraction of sp³-hybridized carbons (Fsp3) is 0.500. The average Bonchev–Trinajstić information content (AvgIpc) is 3.00. The summed E-state index contributed by atoms with van der Waals surface area (Å²) in [5.74, 6) is 0.794. The van der Waals surface area contributed by atoms with Gasteiger partial charge in [0.05, 0.1) is 6.61 Å². The molecule has 0 aliphatic rings. The van der Waals surface area contributed by atoms with Crippen molar-refractivity contribution >= 4 is 11.3 Å². The molecule has 120 valence electrons. The van der Waals surface area contributed by atoms with Crippen molar-refractivity contribution in [1.29, 1.82) is 0 Å². The lowest BCUT2D eigenvalue weighted by atomic mass is 10.1. The number of aromatic nitrogens is 1. The van der Waals surface area contributed by atoms with Crippen LogP contribution in [0.1, 0.15) is 36.8 Å².